The predicted molar refractivity (Wildman–Crippen MR) is 55.9 cm³/mol. The van der Waals surface area contributed by atoms with Gasteiger partial charge in [-0.1, -0.05) is 11.3 Å². The molecule has 0 aliphatic carbocycles. The van der Waals surface area contributed by atoms with Gasteiger partial charge in [0.2, 0.25) is 0 Å². The minimum absolute atomic E-state index is 0.0208. The number of aromatic nitrogens is 1. The summed E-state index contributed by atoms with van der Waals surface area (Å²) in [6.45, 7) is 4.13. The fourth-order valence-electron chi connectivity index (χ4n) is 0.919. The normalized spacial score (nSPS) is 12.5. The van der Waals surface area contributed by atoms with Crippen molar-refractivity contribution >= 4 is 22.4 Å². The van der Waals surface area contributed by atoms with Gasteiger partial charge in [-0.2, -0.15) is 0 Å². The van der Waals surface area contributed by atoms with Crippen LogP contribution < -0.4 is 11.1 Å². The predicted octanol–water partition coefficient (Wildman–Crippen LogP) is 0.909. The average Bonchev–Trinajstić information content (AvgIpc) is 2.43. The molecule has 6 heteroatoms. The van der Waals surface area contributed by atoms with Gasteiger partial charge >= 0.3 is 5.97 Å². The molecule has 1 rings (SSSR count). The fourth-order valence-corrected chi connectivity index (χ4v) is 1.73. The number of hydrogen-bond donors (Lipinski definition) is 3. The molecule has 1 heterocycles. The Labute approximate surface area is 86.0 Å². The van der Waals surface area contributed by atoms with Crippen LogP contribution in [0.4, 0.5) is 5.13 Å². The number of nitrogens with one attached hydrogen (secondary N) is 1. The monoisotopic (exact) mass is 215 g/mol. The van der Waals surface area contributed by atoms with Crippen LogP contribution in [0.3, 0.4) is 0 Å². The van der Waals surface area contributed by atoms with E-state index in [1.165, 1.54) is 0 Å². The zero-order valence-electron chi connectivity index (χ0n) is 8.07. The summed E-state index contributed by atoms with van der Waals surface area (Å²) in [4.78, 5) is 15.0. The highest BCUT2D eigenvalue weighted by Crippen LogP contribution is 2.21. The van der Waals surface area contributed by atoms with E-state index in [2.05, 4.69) is 10.3 Å². The zero-order chi connectivity index (χ0) is 10.7. The summed E-state index contributed by atoms with van der Waals surface area (Å²) in [5, 5.41) is 12.4. The molecule has 4 N–H and O–H groups in total. The second-order valence-corrected chi connectivity index (χ2v) is 4.10. The van der Waals surface area contributed by atoms with Crippen molar-refractivity contribution < 1.29 is 9.90 Å². The first-order chi connectivity index (χ1) is 6.50. The van der Waals surface area contributed by atoms with Gasteiger partial charge in [0.1, 0.15) is 4.88 Å². The molecule has 0 bridgehead atoms. The molecule has 14 heavy (non-hydrogen) atoms. The lowest BCUT2D eigenvalue weighted by Gasteiger charge is -2.04. The van der Waals surface area contributed by atoms with Gasteiger partial charge in [0.25, 0.3) is 0 Å². The number of hydrogen-bond acceptors (Lipinski definition) is 5. The minimum atomic E-state index is -0.936. The largest absolute Gasteiger partial charge is 0.477 e. The van der Waals surface area contributed by atoms with Crippen molar-refractivity contribution in [2.45, 2.75) is 19.9 Å². The molecule has 5 nitrogen and oxygen atoms in total. The lowest BCUT2D eigenvalue weighted by Crippen LogP contribution is -2.25. The summed E-state index contributed by atoms with van der Waals surface area (Å²) in [5.74, 6) is -0.936. The Morgan fingerprint density at radius 3 is 2.86 bits per heavy atom. The van der Waals surface area contributed by atoms with Crippen LogP contribution in [0.15, 0.2) is 0 Å². The third-order valence-electron chi connectivity index (χ3n) is 1.57. The maximum atomic E-state index is 10.7. The van der Waals surface area contributed by atoms with Gasteiger partial charge in [-0.05, 0) is 13.8 Å². The van der Waals surface area contributed by atoms with Crippen LogP contribution in [-0.4, -0.2) is 28.6 Å². The molecule has 1 aromatic rings. The highest BCUT2D eigenvalue weighted by molar-refractivity contribution is 7.17. The summed E-state index contributed by atoms with van der Waals surface area (Å²) in [7, 11) is 0. The van der Waals surface area contributed by atoms with Gasteiger partial charge in [-0.3, -0.25) is 0 Å². The number of anilines is 1. The van der Waals surface area contributed by atoms with Gasteiger partial charge in [-0.25, -0.2) is 9.78 Å². The summed E-state index contributed by atoms with van der Waals surface area (Å²) in [6, 6.07) is 0.0208. The number of rotatable bonds is 4. The van der Waals surface area contributed by atoms with Crippen LogP contribution in [0, 0.1) is 6.92 Å². The number of thiazole rings is 1. The second kappa shape index (κ2) is 4.39. The molecule has 1 atom stereocenters. The first-order valence-electron chi connectivity index (χ1n) is 4.21. The van der Waals surface area contributed by atoms with Crippen molar-refractivity contribution in [3.63, 3.8) is 0 Å². The maximum Gasteiger partial charge on any atom is 0.347 e. The van der Waals surface area contributed by atoms with E-state index in [4.69, 9.17) is 10.8 Å². The Kier molecular flexibility index (Phi) is 3.43. The maximum absolute atomic E-state index is 10.7. The summed E-state index contributed by atoms with van der Waals surface area (Å²) >= 11 is 1.13. The SMILES string of the molecule is Cc1nc(NCC(C)N)sc1C(=O)O. The van der Waals surface area contributed by atoms with E-state index < -0.39 is 5.97 Å². The van der Waals surface area contributed by atoms with E-state index in [0.29, 0.717) is 17.4 Å². The van der Waals surface area contributed by atoms with Crippen molar-refractivity contribution in [1.82, 2.24) is 4.98 Å². The molecule has 1 aromatic heterocycles. The van der Waals surface area contributed by atoms with Gasteiger partial charge in [0.15, 0.2) is 5.13 Å². The molecule has 0 amide bonds. The summed E-state index contributed by atoms with van der Waals surface area (Å²) < 4.78 is 0. The van der Waals surface area contributed by atoms with Crippen LogP contribution in [0.2, 0.25) is 0 Å². The first kappa shape index (κ1) is 10.9. The van der Waals surface area contributed by atoms with Gasteiger partial charge < -0.3 is 16.2 Å². The van der Waals surface area contributed by atoms with Crippen molar-refractivity contribution in [3.8, 4) is 0 Å². The highest BCUT2D eigenvalue weighted by Gasteiger charge is 2.13. The van der Waals surface area contributed by atoms with Crippen molar-refractivity contribution in [1.29, 1.82) is 0 Å². The Morgan fingerprint density at radius 2 is 2.43 bits per heavy atom. The van der Waals surface area contributed by atoms with Crippen LogP contribution in [0.1, 0.15) is 22.3 Å². The molecular weight excluding hydrogens is 202 g/mol. The van der Waals surface area contributed by atoms with Crippen LogP contribution in [-0.2, 0) is 0 Å². The molecule has 78 valence electrons. The van der Waals surface area contributed by atoms with Crippen LogP contribution in [0.25, 0.3) is 0 Å². The molecule has 0 aromatic carbocycles. The summed E-state index contributed by atoms with van der Waals surface area (Å²) in [6.07, 6.45) is 0. The molecule has 0 spiro atoms. The smallest absolute Gasteiger partial charge is 0.347 e. The zero-order valence-corrected chi connectivity index (χ0v) is 8.89. The number of carbonyl (C=O) groups is 1. The van der Waals surface area contributed by atoms with Crippen LogP contribution >= 0.6 is 11.3 Å². The second-order valence-electron chi connectivity index (χ2n) is 3.10. The van der Waals surface area contributed by atoms with Crippen molar-refractivity contribution in [3.05, 3.63) is 10.6 Å². The fraction of sp³-hybridized carbons (Fsp3) is 0.500. The van der Waals surface area contributed by atoms with E-state index in [0.717, 1.165) is 11.3 Å². The quantitative estimate of drug-likeness (QED) is 0.694. The van der Waals surface area contributed by atoms with E-state index in [-0.39, 0.29) is 10.9 Å². The number of nitrogens with zero attached hydrogens (tertiary/aromatic N) is 1. The topological polar surface area (TPSA) is 88.2 Å². The Hall–Kier alpha value is -1.14. The number of nitrogens with two attached hydrogens (primary N) is 1. The van der Waals surface area contributed by atoms with E-state index in [1.807, 2.05) is 6.92 Å². The van der Waals surface area contributed by atoms with Crippen molar-refractivity contribution in [2.24, 2.45) is 5.73 Å². The Morgan fingerprint density at radius 1 is 1.79 bits per heavy atom. The number of aryl methyl sites for hydroxylation is 1. The number of carboxylic acids is 1. The number of carboxylic acid groups (broad SMARTS) is 1. The number of aromatic carboxylic acids is 1. The Balaban J connectivity index is 2.71. The third-order valence-corrected chi connectivity index (χ3v) is 2.67. The standard InChI is InChI=1S/C8H13N3O2S/c1-4(9)3-10-8-11-5(2)6(14-8)7(12)13/h4H,3,9H2,1-2H3,(H,10,11)(H,12,13). The van der Waals surface area contributed by atoms with E-state index in [9.17, 15) is 4.79 Å². The highest BCUT2D eigenvalue weighted by atomic mass is 32.1. The Bertz CT molecular complexity index is 335. The van der Waals surface area contributed by atoms with Gasteiger partial charge in [-0.15, -0.1) is 0 Å². The molecule has 0 aliphatic rings. The molecule has 0 radical (unpaired) electrons. The molecule has 1 unspecified atom stereocenters. The third kappa shape index (κ3) is 2.68. The average molecular weight is 215 g/mol. The van der Waals surface area contributed by atoms with E-state index >= 15 is 0 Å². The molecular formula is C8H13N3O2S. The van der Waals surface area contributed by atoms with Gasteiger partial charge in [0, 0.05) is 12.6 Å². The summed E-state index contributed by atoms with van der Waals surface area (Å²) in [5.41, 5.74) is 6.08. The van der Waals surface area contributed by atoms with Gasteiger partial charge in [0.05, 0.1) is 5.69 Å². The first-order valence-corrected chi connectivity index (χ1v) is 5.02. The molecule has 0 aliphatic heterocycles. The lowest BCUT2D eigenvalue weighted by atomic mass is 10.4. The minimum Gasteiger partial charge on any atom is -0.477 e. The van der Waals surface area contributed by atoms with E-state index in [1.54, 1.807) is 6.92 Å². The molecule has 0 saturated heterocycles. The molecule has 0 saturated carbocycles. The van der Waals surface area contributed by atoms with Crippen molar-refractivity contribution in [2.75, 3.05) is 11.9 Å². The van der Waals surface area contributed by atoms with Crippen LogP contribution in [0.5, 0.6) is 0 Å². The molecule has 0 fully saturated rings. The lowest BCUT2D eigenvalue weighted by molar-refractivity contribution is 0.0701.